The van der Waals surface area contributed by atoms with Crippen LogP contribution in [0.4, 0.5) is 0 Å². The van der Waals surface area contributed by atoms with Crippen LogP contribution in [0.2, 0.25) is 0 Å². The molecule has 0 saturated heterocycles. The van der Waals surface area contributed by atoms with E-state index >= 15 is 0 Å². The maximum absolute atomic E-state index is 9.30. The Morgan fingerprint density at radius 2 is 1.59 bits per heavy atom. The van der Waals surface area contributed by atoms with Gasteiger partial charge in [0.15, 0.2) is 0 Å². The number of nitrogens with zero attached hydrogens (tertiary/aromatic N) is 1. The molecule has 1 rings (SSSR count). The topological polar surface area (TPSA) is 23.5 Å². The van der Waals surface area contributed by atoms with E-state index in [4.69, 9.17) is 0 Å². The Morgan fingerprint density at radius 1 is 1.06 bits per heavy atom. The van der Waals surface area contributed by atoms with Crippen molar-refractivity contribution in [2.45, 2.75) is 71.9 Å². The van der Waals surface area contributed by atoms with Crippen molar-refractivity contribution in [2.75, 3.05) is 13.2 Å². The highest BCUT2D eigenvalue weighted by Gasteiger charge is 2.30. The van der Waals surface area contributed by atoms with Crippen LogP contribution >= 0.6 is 0 Å². The number of aliphatic hydroxyl groups is 1. The van der Waals surface area contributed by atoms with Gasteiger partial charge in [-0.3, -0.25) is 4.90 Å². The predicted molar refractivity (Wildman–Crippen MR) is 74.1 cm³/mol. The highest BCUT2D eigenvalue weighted by atomic mass is 16.3. The Bertz CT molecular complexity index is 193. The van der Waals surface area contributed by atoms with Gasteiger partial charge < -0.3 is 5.11 Å². The molecule has 0 aliphatic heterocycles. The third-order valence-corrected chi connectivity index (χ3v) is 4.39. The minimum Gasteiger partial charge on any atom is -0.395 e. The number of hydrogen-bond donors (Lipinski definition) is 1. The van der Waals surface area contributed by atoms with Gasteiger partial charge in [0.1, 0.15) is 0 Å². The predicted octanol–water partition coefficient (Wildman–Crippen LogP) is 3.29. The van der Waals surface area contributed by atoms with Crippen LogP contribution in [0.1, 0.15) is 59.8 Å². The molecular formula is C15H31NO. The maximum Gasteiger partial charge on any atom is 0.0558 e. The second-order valence-electron chi connectivity index (χ2n) is 6.00. The molecule has 1 aliphatic rings. The molecule has 1 saturated carbocycles. The van der Waals surface area contributed by atoms with E-state index in [9.17, 15) is 5.11 Å². The Kier molecular flexibility index (Phi) is 6.50. The van der Waals surface area contributed by atoms with Gasteiger partial charge in [0.25, 0.3) is 0 Å². The molecule has 0 spiro atoms. The van der Waals surface area contributed by atoms with Crippen molar-refractivity contribution in [2.24, 2.45) is 11.8 Å². The number of rotatable bonds is 6. The molecule has 0 aromatic carbocycles. The van der Waals surface area contributed by atoms with Crippen molar-refractivity contribution in [1.82, 2.24) is 4.90 Å². The van der Waals surface area contributed by atoms with E-state index in [2.05, 4.69) is 32.6 Å². The van der Waals surface area contributed by atoms with Crippen LogP contribution < -0.4 is 0 Å². The van der Waals surface area contributed by atoms with Crippen molar-refractivity contribution >= 4 is 0 Å². The summed E-state index contributed by atoms with van der Waals surface area (Å²) in [5.74, 6) is 1.69. The van der Waals surface area contributed by atoms with Crippen LogP contribution in [0.5, 0.6) is 0 Å². The molecule has 2 atom stereocenters. The lowest BCUT2D eigenvalue weighted by Crippen LogP contribution is -2.47. The molecule has 102 valence electrons. The van der Waals surface area contributed by atoms with E-state index < -0.39 is 0 Å². The van der Waals surface area contributed by atoms with E-state index in [1.165, 1.54) is 32.1 Å². The Balaban J connectivity index is 2.67. The molecule has 1 fully saturated rings. The van der Waals surface area contributed by atoms with Gasteiger partial charge in [0, 0.05) is 18.6 Å². The number of aliphatic hydroxyl groups excluding tert-OH is 1. The Labute approximate surface area is 107 Å². The zero-order chi connectivity index (χ0) is 12.8. The van der Waals surface area contributed by atoms with Crippen LogP contribution in [-0.4, -0.2) is 35.2 Å². The monoisotopic (exact) mass is 241 g/mol. The van der Waals surface area contributed by atoms with Gasteiger partial charge in [-0.2, -0.15) is 0 Å². The molecule has 0 bridgehead atoms. The summed E-state index contributed by atoms with van der Waals surface area (Å²) >= 11 is 0. The highest BCUT2D eigenvalue weighted by Crippen LogP contribution is 2.33. The van der Waals surface area contributed by atoms with Crippen LogP contribution in [-0.2, 0) is 0 Å². The lowest BCUT2D eigenvalue weighted by molar-refractivity contribution is 0.0507. The van der Waals surface area contributed by atoms with E-state index in [1.54, 1.807) is 0 Å². The average Bonchev–Trinajstić information content (AvgIpc) is 2.28. The summed E-state index contributed by atoms with van der Waals surface area (Å²) in [6.45, 7) is 10.5. The minimum absolute atomic E-state index is 0.301. The summed E-state index contributed by atoms with van der Waals surface area (Å²) in [4.78, 5) is 2.59. The zero-order valence-corrected chi connectivity index (χ0v) is 12.2. The SMILES string of the molecule is CCC(CC)N(CCO)C1CC(C)CC(C)C1. The first-order chi connectivity index (χ1) is 8.12. The van der Waals surface area contributed by atoms with Crippen LogP contribution in [0, 0.1) is 11.8 Å². The van der Waals surface area contributed by atoms with Gasteiger partial charge in [0.05, 0.1) is 6.61 Å². The van der Waals surface area contributed by atoms with E-state index in [0.29, 0.717) is 18.7 Å². The summed E-state index contributed by atoms with van der Waals surface area (Å²) in [5, 5.41) is 9.30. The molecular weight excluding hydrogens is 210 g/mol. The van der Waals surface area contributed by atoms with Crippen molar-refractivity contribution in [3.63, 3.8) is 0 Å². The summed E-state index contributed by atoms with van der Waals surface area (Å²) in [6, 6.07) is 1.36. The Hall–Kier alpha value is -0.0800. The fourth-order valence-corrected chi connectivity index (χ4v) is 3.71. The molecule has 0 radical (unpaired) electrons. The van der Waals surface area contributed by atoms with Crippen LogP contribution in [0.3, 0.4) is 0 Å². The molecule has 17 heavy (non-hydrogen) atoms. The maximum atomic E-state index is 9.30. The minimum atomic E-state index is 0.301. The first kappa shape index (κ1) is 15.0. The van der Waals surface area contributed by atoms with Crippen molar-refractivity contribution in [1.29, 1.82) is 0 Å². The van der Waals surface area contributed by atoms with Crippen molar-refractivity contribution < 1.29 is 5.11 Å². The molecule has 1 N–H and O–H groups in total. The van der Waals surface area contributed by atoms with E-state index in [-0.39, 0.29) is 0 Å². The molecule has 2 nitrogen and oxygen atoms in total. The normalized spacial score (nSPS) is 30.2. The second-order valence-corrected chi connectivity index (χ2v) is 6.00. The van der Waals surface area contributed by atoms with E-state index in [0.717, 1.165) is 18.4 Å². The van der Waals surface area contributed by atoms with Crippen LogP contribution in [0.15, 0.2) is 0 Å². The fourth-order valence-electron chi connectivity index (χ4n) is 3.71. The van der Waals surface area contributed by atoms with Gasteiger partial charge in [-0.25, -0.2) is 0 Å². The largest absolute Gasteiger partial charge is 0.395 e. The molecule has 2 heteroatoms. The first-order valence-electron chi connectivity index (χ1n) is 7.48. The third kappa shape index (κ3) is 4.26. The molecule has 0 aromatic heterocycles. The standard InChI is InChI=1S/C15H31NO/c1-5-14(6-2)16(7-8-17)15-10-12(3)9-13(4)11-15/h12-15,17H,5-11H2,1-4H3. The Morgan fingerprint density at radius 3 is 2.00 bits per heavy atom. The van der Waals surface area contributed by atoms with Crippen molar-refractivity contribution in [3.8, 4) is 0 Å². The lowest BCUT2D eigenvalue weighted by Gasteiger charge is -2.42. The molecule has 0 amide bonds. The smallest absolute Gasteiger partial charge is 0.0558 e. The van der Waals surface area contributed by atoms with Gasteiger partial charge >= 0.3 is 0 Å². The van der Waals surface area contributed by atoms with Crippen LogP contribution in [0.25, 0.3) is 0 Å². The molecule has 1 aliphatic carbocycles. The summed E-state index contributed by atoms with van der Waals surface area (Å²) < 4.78 is 0. The average molecular weight is 241 g/mol. The summed E-state index contributed by atoms with van der Waals surface area (Å²) in [6.07, 6.45) is 6.43. The van der Waals surface area contributed by atoms with Gasteiger partial charge in [-0.15, -0.1) is 0 Å². The van der Waals surface area contributed by atoms with Gasteiger partial charge in [-0.1, -0.05) is 27.7 Å². The van der Waals surface area contributed by atoms with Gasteiger partial charge in [0.2, 0.25) is 0 Å². The second kappa shape index (κ2) is 7.38. The van der Waals surface area contributed by atoms with E-state index in [1.807, 2.05) is 0 Å². The van der Waals surface area contributed by atoms with Gasteiger partial charge in [-0.05, 0) is 43.9 Å². The zero-order valence-electron chi connectivity index (χ0n) is 12.2. The molecule has 0 heterocycles. The summed E-state index contributed by atoms with van der Waals surface area (Å²) in [7, 11) is 0. The first-order valence-corrected chi connectivity index (χ1v) is 7.48. The highest BCUT2D eigenvalue weighted by molar-refractivity contribution is 4.85. The third-order valence-electron chi connectivity index (χ3n) is 4.39. The van der Waals surface area contributed by atoms with Crippen molar-refractivity contribution in [3.05, 3.63) is 0 Å². The lowest BCUT2D eigenvalue weighted by atomic mass is 9.79. The quantitative estimate of drug-likeness (QED) is 0.771. The number of hydrogen-bond acceptors (Lipinski definition) is 2. The summed E-state index contributed by atoms with van der Waals surface area (Å²) in [5.41, 5.74) is 0. The molecule has 0 aromatic rings. The molecule has 2 unspecified atom stereocenters. The fraction of sp³-hybridized carbons (Fsp3) is 1.00.